The van der Waals surface area contributed by atoms with Gasteiger partial charge in [0.1, 0.15) is 5.75 Å². The fourth-order valence-electron chi connectivity index (χ4n) is 2.12. The Kier molecular flexibility index (Phi) is 9.44. The lowest BCUT2D eigenvalue weighted by molar-refractivity contribution is 0.0600. The number of methoxy groups -OCH3 is 2. The second-order valence-corrected chi connectivity index (χ2v) is 6.32. The highest BCUT2D eigenvalue weighted by molar-refractivity contribution is 14.2. The van der Waals surface area contributed by atoms with E-state index >= 15 is 0 Å². The number of anilines is 1. The molecule has 2 aromatic carbocycles. The number of hydrogen-bond donors (Lipinski definition) is 1. The molecule has 134 valence electrons. The molecule has 1 N–H and O–H groups in total. The van der Waals surface area contributed by atoms with Crippen LogP contribution in [-0.2, 0) is 4.74 Å². The van der Waals surface area contributed by atoms with E-state index in [0.717, 1.165) is 28.1 Å². The van der Waals surface area contributed by atoms with Gasteiger partial charge in [-0.15, -0.1) is 0 Å². The van der Waals surface area contributed by atoms with E-state index in [-0.39, 0.29) is 5.97 Å². The summed E-state index contributed by atoms with van der Waals surface area (Å²) in [6.07, 6.45) is 0. The van der Waals surface area contributed by atoms with Crippen molar-refractivity contribution < 1.29 is 14.3 Å². The van der Waals surface area contributed by atoms with Gasteiger partial charge in [-0.2, -0.15) is 0 Å². The number of halogens is 1. The van der Waals surface area contributed by atoms with E-state index in [9.17, 15) is 4.79 Å². The molecule has 0 amide bonds. The maximum atomic E-state index is 11.8. The third-order valence-electron chi connectivity index (χ3n) is 3.35. The normalized spacial score (nSPS) is 9.48. The van der Waals surface area contributed by atoms with Crippen LogP contribution in [0.2, 0.25) is 0 Å². The molecule has 2 aromatic rings. The predicted molar refractivity (Wildman–Crippen MR) is 115 cm³/mol. The minimum absolute atomic E-state index is 0.373. The maximum Gasteiger partial charge on any atom is 0.337 e. The van der Waals surface area contributed by atoms with Crippen molar-refractivity contribution in [2.24, 2.45) is 0 Å². The Bertz CT molecular complexity index is 717. The van der Waals surface area contributed by atoms with E-state index in [1.54, 1.807) is 19.2 Å². The second-order valence-electron chi connectivity index (χ2n) is 4.64. The van der Waals surface area contributed by atoms with Gasteiger partial charge >= 0.3 is 5.97 Å². The third-order valence-corrected chi connectivity index (χ3v) is 4.31. The van der Waals surface area contributed by atoms with E-state index in [1.807, 2.05) is 44.2 Å². The van der Waals surface area contributed by atoms with E-state index in [2.05, 4.69) is 32.5 Å². The smallest absolute Gasteiger partial charge is 0.337 e. The zero-order valence-electron chi connectivity index (χ0n) is 14.8. The Morgan fingerprint density at radius 3 is 2.20 bits per heavy atom. The van der Waals surface area contributed by atoms with Crippen LogP contribution in [0.25, 0.3) is 5.57 Å². The van der Waals surface area contributed by atoms with Crippen LogP contribution in [0.4, 0.5) is 5.69 Å². The standard InChI is InChI=1S/C17H16INO3S.C2H6/c1-11(12-4-7-14(21-2)8-5-12)15-10-13(17(20)22-3)6-9-16(15)19-23-18;1-2/h4-10,19H,1H2,2-3H3;1-2H3. The molecule has 4 nitrogen and oxygen atoms in total. The molecule has 0 aromatic heterocycles. The first-order chi connectivity index (χ1) is 12.1. The van der Waals surface area contributed by atoms with Crippen molar-refractivity contribution in [3.8, 4) is 5.75 Å². The Morgan fingerprint density at radius 1 is 1.08 bits per heavy atom. The monoisotopic (exact) mass is 471 g/mol. The number of rotatable bonds is 6. The highest BCUT2D eigenvalue weighted by Gasteiger charge is 2.13. The molecule has 0 saturated carbocycles. The molecular weight excluding hydrogens is 449 g/mol. The van der Waals surface area contributed by atoms with Crippen LogP contribution in [0.15, 0.2) is 49.0 Å². The van der Waals surface area contributed by atoms with E-state index in [0.29, 0.717) is 5.56 Å². The molecular formula is C19H22INO3S. The minimum atomic E-state index is -0.373. The molecule has 0 heterocycles. The minimum Gasteiger partial charge on any atom is -0.497 e. The molecule has 0 unspecified atom stereocenters. The average Bonchev–Trinajstić information content (AvgIpc) is 2.69. The van der Waals surface area contributed by atoms with Crippen molar-refractivity contribution in [2.45, 2.75) is 13.8 Å². The van der Waals surface area contributed by atoms with Gasteiger partial charge < -0.3 is 14.2 Å². The van der Waals surface area contributed by atoms with Crippen LogP contribution in [0.5, 0.6) is 5.75 Å². The van der Waals surface area contributed by atoms with Gasteiger partial charge in [-0.1, -0.05) is 32.6 Å². The maximum absolute atomic E-state index is 11.8. The van der Waals surface area contributed by atoms with Crippen molar-refractivity contribution >= 4 is 47.6 Å². The summed E-state index contributed by atoms with van der Waals surface area (Å²) in [5.41, 5.74) is 3.99. The van der Waals surface area contributed by atoms with Gasteiger partial charge in [-0.05, 0) is 41.5 Å². The van der Waals surface area contributed by atoms with Gasteiger partial charge in [0, 0.05) is 35.9 Å². The molecule has 0 atom stereocenters. The van der Waals surface area contributed by atoms with E-state index in [4.69, 9.17) is 9.47 Å². The van der Waals surface area contributed by atoms with Crippen LogP contribution in [-0.4, -0.2) is 20.2 Å². The molecule has 0 bridgehead atoms. The first-order valence-electron chi connectivity index (χ1n) is 7.70. The lowest BCUT2D eigenvalue weighted by Crippen LogP contribution is -2.03. The fraction of sp³-hybridized carbons (Fsp3) is 0.211. The topological polar surface area (TPSA) is 47.6 Å². The summed E-state index contributed by atoms with van der Waals surface area (Å²) < 4.78 is 13.2. The molecule has 6 heteroatoms. The second kappa shape index (κ2) is 11.0. The lowest BCUT2D eigenvalue weighted by atomic mass is 9.96. The van der Waals surface area contributed by atoms with Crippen molar-refractivity contribution in [2.75, 3.05) is 18.9 Å². The summed E-state index contributed by atoms with van der Waals surface area (Å²) in [4.78, 5) is 11.8. The molecule has 25 heavy (non-hydrogen) atoms. The van der Waals surface area contributed by atoms with Gasteiger partial charge in [0.25, 0.3) is 0 Å². The van der Waals surface area contributed by atoms with Gasteiger partial charge in [-0.25, -0.2) is 4.79 Å². The summed E-state index contributed by atoms with van der Waals surface area (Å²) in [7, 11) is 4.45. The van der Waals surface area contributed by atoms with Crippen LogP contribution in [0.3, 0.4) is 0 Å². The van der Waals surface area contributed by atoms with Crippen molar-refractivity contribution in [3.63, 3.8) is 0 Å². The molecule has 0 saturated heterocycles. The van der Waals surface area contributed by atoms with Crippen molar-refractivity contribution in [3.05, 3.63) is 65.7 Å². The van der Waals surface area contributed by atoms with E-state index < -0.39 is 0 Å². The number of esters is 1. The molecule has 0 fully saturated rings. The number of hydrogen-bond acceptors (Lipinski definition) is 5. The predicted octanol–water partition coefficient (Wildman–Crippen LogP) is 5.98. The zero-order valence-corrected chi connectivity index (χ0v) is 17.7. The van der Waals surface area contributed by atoms with Crippen molar-refractivity contribution in [1.29, 1.82) is 0 Å². The summed E-state index contributed by atoms with van der Waals surface area (Å²) in [5, 5.41) is 0. The highest BCUT2D eigenvalue weighted by Crippen LogP contribution is 2.32. The molecule has 0 aliphatic carbocycles. The van der Waals surface area contributed by atoms with Crippen LogP contribution >= 0.6 is 30.3 Å². The van der Waals surface area contributed by atoms with Gasteiger partial charge in [0.2, 0.25) is 0 Å². The highest BCUT2D eigenvalue weighted by atomic mass is 127. The average molecular weight is 471 g/mol. The third kappa shape index (κ3) is 5.67. The Morgan fingerprint density at radius 2 is 1.68 bits per heavy atom. The van der Waals surface area contributed by atoms with Crippen molar-refractivity contribution in [1.82, 2.24) is 0 Å². The molecule has 2 rings (SSSR count). The van der Waals surface area contributed by atoms with Crippen LogP contribution in [0.1, 0.15) is 35.3 Å². The quantitative estimate of drug-likeness (QED) is 0.319. The summed E-state index contributed by atoms with van der Waals surface area (Å²) in [6, 6.07) is 13.0. The van der Waals surface area contributed by atoms with E-state index in [1.165, 1.54) is 16.2 Å². The molecule has 0 aliphatic heterocycles. The largest absolute Gasteiger partial charge is 0.497 e. The Hall–Kier alpha value is -1.67. The van der Waals surface area contributed by atoms with Gasteiger partial charge in [0.15, 0.2) is 0 Å². The number of carbonyl (C=O) groups is 1. The SMILES string of the molecule is C=C(c1ccc(OC)cc1)c1cc(C(=O)OC)ccc1NSI.CC. The summed E-state index contributed by atoms with van der Waals surface area (Å²) in [5.74, 6) is 0.411. The number of carbonyl (C=O) groups excluding carboxylic acids is 1. The molecule has 0 radical (unpaired) electrons. The van der Waals surface area contributed by atoms with Gasteiger partial charge in [0.05, 0.1) is 25.5 Å². The Labute approximate surface area is 165 Å². The Balaban J connectivity index is 0.00000151. The summed E-state index contributed by atoms with van der Waals surface area (Å²) in [6.45, 7) is 8.18. The fourth-order valence-corrected chi connectivity index (χ4v) is 3.09. The zero-order chi connectivity index (χ0) is 18.8. The number of nitrogens with one attached hydrogen (secondary N) is 1. The molecule has 0 spiro atoms. The first-order valence-corrected chi connectivity index (χ1v) is 11.1. The molecule has 0 aliphatic rings. The lowest BCUT2D eigenvalue weighted by Gasteiger charge is -2.14. The van der Waals surface area contributed by atoms with Crippen LogP contribution < -0.4 is 9.46 Å². The number of benzene rings is 2. The first kappa shape index (κ1) is 21.4. The van der Waals surface area contributed by atoms with Crippen LogP contribution in [0, 0.1) is 0 Å². The summed E-state index contributed by atoms with van der Waals surface area (Å²) >= 11 is 2.15. The van der Waals surface area contributed by atoms with Gasteiger partial charge in [-0.3, -0.25) is 0 Å². The number of ether oxygens (including phenoxy) is 2.